The van der Waals surface area contributed by atoms with Gasteiger partial charge in [0.25, 0.3) is 0 Å². The number of carbonyl (C=O) groups excluding carboxylic acids is 1. The molecule has 5 heteroatoms. The van der Waals surface area contributed by atoms with E-state index in [0.717, 1.165) is 19.3 Å². The van der Waals surface area contributed by atoms with E-state index in [4.69, 9.17) is 0 Å². The van der Waals surface area contributed by atoms with Gasteiger partial charge >= 0.3 is 6.18 Å². The second-order valence-corrected chi connectivity index (χ2v) is 4.83. The Kier molecular flexibility index (Phi) is 10.9. The molecule has 0 aromatic carbocycles. The van der Waals surface area contributed by atoms with Crippen LogP contribution in [0.25, 0.3) is 0 Å². The first-order chi connectivity index (χ1) is 8.95. The van der Waals surface area contributed by atoms with Crippen LogP contribution in [0.5, 0.6) is 0 Å². The second kappa shape index (κ2) is 11.3. The lowest BCUT2D eigenvalue weighted by molar-refractivity contribution is -0.174. The van der Waals surface area contributed by atoms with E-state index in [0.29, 0.717) is 6.42 Å². The number of hydrogen-bond donors (Lipinski definition) is 0. The lowest BCUT2D eigenvalue weighted by Gasteiger charge is -2.07. The van der Waals surface area contributed by atoms with Crippen LogP contribution in [0.4, 0.5) is 13.2 Å². The Labute approximate surface area is 113 Å². The average Bonchev–Trinajstić information content (AvgIpc) is 2.32. The second-order valence-electron chi connectivity index (χ2n) is 4.83. The molecule has 0 amide bonds. The van der Waals surface area contributed by atoms with E-state index in [9.17, 15) is 18.0 Å². The minimum atomic E-state index is -4.30. The average molecular weight is 282 g/mol. The van der Waals surface area contributed by atoms with Crippen molar-refractivity contribution in [3.05, 3.63) is 0 Å². The summed E-state index contributed by atoms with van der Waals surface area (Å²) in [5, 5.41) is 0. The summed E-state index contributed by atoms with van der Waals surface area (Å²) in [6.45, 7) is 0.770. The first-order valence-electron chi connectivity index (χ1n) is 7.12. The van der Waals surface area contributed by atoms with Gasteiger partial charge in [-0.1, -0.05) is 45.4 Å². The smallest absolute Gasteiger partial charge is 0.372 e. The van der Waals surface area contributed by atoms with Gasteiger partial charge in [0.15, 0.2) is 0 Å². The quantitative estimate of drug-likeness (QED) is 0.486. The number of unbranched alkanes of at least 4 members (excludes halogenated alkanes) is 6. The van der Waals surface area contributed by atoms with Gasteiger partial charge in [-0.3, -0.25) is 4.79 Å². The highest BCUT2D eigenvalue weighted by Gasteiger charge is 2.27. The zero-order valence-corrected chi connectivity index (χ0v) is 11.7. The van der Waals surface area contributed by atoms with Gasteiger partial charge in [0.1, 0.15) is 12.4 Å². The van der Waals surface area contributed by atoms with E-state index in [2.05, 4.69) is 11.7 Å². The molecular weight excluding hydrogens is 257 g/mol. The van der Waals surface area contributed by atoms with Crippen molar-refractivity contribution < 1.29 is 22.7 Å². The Balaban J connectivity index is 3.26. The minimum absolute atomic E-state index is 0.00395. The third kappa shape index (κ3) is 15.4. The molecule has 0 heterocycles. The van der Waals surface area contributed by atoms with E-state index < -0.39 is 12.8 Å². The van der Waals surface area contributed by atoms with Crippen molar-refractivity contribution in [2.45, 2.75) is 70.9 Å². The maximum Gasteiger partial charge on any atom is 0.411 e. The monoisotopic (exact) mass is 282 g/mol. The molecular formula is C14H25F3O2. The Morgan fingerprint density at radius 1 is 0.947 bits per heavy atom. The molecule has 0 aliphatic heterocycles. The van der Waals surface area contributed by atoms with Gasteiger partial charge in [0.05, 0.1) is 6.61 Å². The molecule has 0 aromatic heterocycles. The zero-order valence-electron chi connectivity index (χ0n) is 11.7. The summed E-state index contributed by atoms with van der Waals surface area (Å²) in [4.78, 5) is 11.3. The standard InChI is InChI=1S/C14H25F3O2/c1-2-3-4-5-6-7-8-9-13(18)10-11-19-12-14(15,16)17/h2-12H2,1H3. The summed E-state index contributed by atoms with van der Waals surface area (Å²) >= 11 is 0. The predicted octanol–water partition coefficient (Wildman–Crippen LogP) is 4.67. The topological polar surface area (TPSA) is 26.3 Å². The molecule has 0 aliphatic rings. The zero-order chi connectivity index (χ0) is 14.6. The Morgan fingerprint density at radius 2 is 1.53 bits per heavy atom. The first-order valence-corrected chi connectivity index (χ1v) is 7.12. The van der Waals surface area contributed by atoms with Crippen molar-refractivity contribution in [1.82, 2.24) is 0 Å². The third-order valence-corrected chi connectivity index (χ3v) is 2.85. The van der Waals surface area contributed by atoms with Gasteiger partial charge in [0.2, 0.25) is 0 Å². The molecule has 0 spiro atoms. The van der Waals surface area contributed by atoms with Crippen LogP contribution in [0.2, 0.25) is 0 Å². The molecule has 0 rings (SSSR count). The van der Waals surface area contributed by atoms with Crippen molar-refractivity contribution in [3.8, 4) is 0 Å². The molecule has 0 N–H and O–H groups in total. The molecule has 2 nitrogen and oxygen atoms in total. The van der Waals surface area contributed by atoms with E-state index in [1.807, 2.05) is 0 Å². The predicted molar refractivity (Wildman–Crippen MR) is 69.1 cm³/mol. The molecule has 0 bridgehead atoms. The SMILES string of the molecule is CCCCCCCCCC(=O)CCOCC(F)(F)F. The van der Waals surface area contributed by atoms with E-state index in [-0.39, 0.29) is 18.8 Å². The molecule has 114 valence electrons. The Bertz CT molecular complexity index is 227. The van der Waals surface area contributed by atoms with E-state index in [1.165, 1.54) is 25.7 Å². The summed E-state index contributed by atoms with van der Waals surface area (Å²) in [5.41, 5.74) is 0. The number of alkyl halides is 3. The number of halogens is 3. The summed E-state index contributed by atoms with van der Waals surface area (Å²) in [5.74, 6) is -0.00395. The highest BCUT2D eigenvalue weighted by molar-refractivity contribution is 5.78. The summed E-state index contributed by atoms with van der Waals surface area (Å²) < 4.78 is 39.6. The van der Waals surface area contributed by atoms with Crippen molar-refractivity contribution in [1.29, 1.82) is 0 Å². The third-order valence-electron chi connectivity index (χ3n) is 2.85. The highest BCUT2D eigenvalue weighted by Crippen LogP contribution is 2.14. The Hall–Kier alpha value is -0.580. The molecule has 0 saturated heterocycles. The minimum Gasteiger partial charge on any atom is -0.372 e. The van der Waals surface area contributed by atoms with Crippen LogP contribution >= 0.6 is 0 Å². The maximum absolute atomic E-state index is 11.7. The van der Waals surface area contributed by atoms with Gasteiger partial charge < -0.3 is 4.74 Å². The van der Waals surface area contributed by atoms with Crippen LogP contribution in [0.15, 0.2) is 0 Å². The van der Waals surface area contributed by atoms with E-state index in [1.54, 1.807) is 0 Å². The molecule has 19 heavy (non-hydrogen) atoms. The number of hydrogen-bond acceptors (Lipinski definition) is 2. The lowest BCUT2D eigenvalue weighted by atomic mass is 10.1. The largest absolute Gasteiger partial charge is 0.411 e. The van der Waals surface area contributed by atoms with Crippen LogP contribution < -0.4 is 0 Å². The van der Waals surface area contributed by atoms with E-state index >= 15 is 0 Å². The number of rotatable bonds is 12. The fourth-order valence-corrected chi connectivity index (χ4v) is 1.78. The highest BCUT2D eigenvalue weighted by atomic mass is 19.4. The number of ether oxygens (including phenoxy) is 1. The van der Waals surface area contributed by atoms with Crippen molar-refractivity contribution in [2.75, 3.05) is 13.2 Å². The lowest BCUT2D eigenvalue weighted by Crippen LogP contribution is -2.18. The maximum atomic E-state index is 11.7. The molecule has 0 aromatic rings. The van der Waals surface area contributed by atoms with Crippen LogP contribution in [0, 0.1) is 0 Å². The molecule has 0 fully saturated rings. The Morgan fingerprint density at radius 3 is 2.11 bits per heavy atom. The van der Waals surface area contributed by atoms with Gasteiger partial charge in [-0.15, -0.1) is 0 Å². The normalized spacial score (nSPS) is 11.8. The van der Waals surface area contributed by atoms with Crippen LogP contribution in [-0.2, 0) is 9.53 Å². The van der Waals surface area contributed by atoms with Crippen LogP contribution in [-0.4, -0.2) is 25.2 Å². The number of Topliss-reactive ketones (excluding diaryl/α,β-unsaturated/α-hetero) is 1. The van der Waals surface area contributed by atoms with Gasteiger partial charge in [-0.25, -0.2) is 0 Å². The van der Waals surface area contributed by atoms with Crippen molar-refractivity contribution in [3.63, 3.8) is 0 Å². The number of carbonyl (C=O) groups is 1. The molecule has 0 unspecified atom stereocenters. The fraction of sp³-hybridized carbons (Fsp3) is 0.929. The van der Waals surface area contributed by atoms with Crippen molar-refractivity contribution in [2.24, 2.45) is 0 Å². The van der Waals surface area contributed by atoms with Crippen LogP contribution in [0.1, 0.15) is 64.7 Å². The summed E-state index contributed by atoms with van der Waals surface area (Å²) in [6.07, 6.45) is 4.18. The molecule has 0 saturated carbocycles. The summed E-state index contributed by atoms with van der Waals surface area (Å²) in [6, 6.07) is 0. The number of ketones is 1. The molecule has 0 atom stereocenters. The fourth-order valence-electron chi connectivity index (χ4n) is 1.78. The molecule has 0 aliphatic carbocycles. The molecule has 0 radical (unpaired) electrons. The summed E-state index contributed by atoms with van der Waals surface area (Å²) in [7, 11) is 0. The van der Waals surface area contributed by atoms with Crippen LogP contribution in [0.3, 0.4) is 0 Å². The first kappa shape index (κ1) is 18.4. The van der Waals surface area contributed by atoms with Gasteiger partial charge in [0, 0.05) is 12.8 Å². The van der Waals surface area contributed by atoms with Gasteiger partial charge in [-0.2, -0.15) is 13.2 Å². The van der Waals surface area contributed by atoms with Crippen molar-refractivity contribution >= 4 is 5.78 Å². The van der Waals surface area contributed by atoms with Gasteiger partial charge in [-0.05, 0) is 6.42 Å².